The maximum Gasteiger partial charge on any atom is 0.253 e. The number of hydrogen-bond donors (Lipinski definition) is 3. The van der Waals surface area contributed by atoms with Gasteiger partial charge in [-0.05, 0) is 44.9 Å². The van der Waals surface area contributed by atoms with E-state index in [0.717, 1.165) is 12.8 Å². The van der Waals surface area contributed by atoms with Crippen molar-refractivity contribution in [2.75, 3.05) is 12.5 Å². The van der Waals surface area contributed by atoms with Gasteiger partial charge in [-0.25, -0.2) is 10.8 Å². The average Bonchev–Trinajstić information content (AvgIpc) is 2.48. The van der Waals surface area contributed by atoms with Gasteiger partial charge < -0.3 is 15.6 Å². The third-order valence-electron chi connectivity index (χ3n) is 4.85. The number of carbonyl (C=O) groups excluding carboxylic acids is 1. The number of aromatic nitrogens is 1. The number of nitrogens with two attached hydrogens (primary N) is 1. The van der Waals surface area contributed by atoms with Gasteiger partial charge in [-0.15, -0.1) is 0 Å². The number of nitrogen functional groups attached to an aromatic ring is 1. The summed E-state index contributed by atoms with van der Waals surface area (Å²) in [5.41, 5.74) is 3.04. The van der Waals surface area contributed by atoms with E-state index in [0.29, 0.717) is 23.5 Å². The molecule has 2 aliphatic heterocycles. The Balaban J connectivity index is 1.62. The van der Waals surface area contributed by atoms with Crippen LogP contribution in [0.2, 0.25) is 0 Å². The molecule has 1 amide bonds. The molecule has 2 atom stereocenters. The lowest BCUT2D eigenvalue weighted by Gasteiger charge is -2.47. The zero-order valence-electron chi connectivity index (χ0n) is 12.4. The van der Waals surface area contributed by atoms with Crippen molar-refractivity contribution in [3.05, 3.63) is 23.9 Å². The van der Waals surface area contributed by atoms with Crippen LogP contribution < -0.4 is 16.6 Å². The van der Waals surface area contributed by atoms with Crippen molar-refractivity contribution in [3.8, 4) is 0 Å². The summed E-state index contributed by atoms with van der Waals surface area (Å²) in [6.45, 7) is 0. The number of piperidine rings is 2. The van der Waals surface area contributed by atoms with Gasteiger partial charge in [-0.1, -0.05) is 6.42 Å². The summed E-state index contributed by atoms with van der Waals surface area (Å²) in [5, 5.41) is 3.16. The molecule has 1 aromatic rings. The predicted molar refractivity (Wildman–Crippen MR) is 81.7 cm³/mol. The fraction of sp³-hybridized carbons (Fsp3) is 0.600. The number of fused-ring (bicyclic) bond motifs is 2. The van der Waals surface area contributed by atoms with Crippen LogP contribution in [0.5, 0.6) is 0 Å². The van der Waals surface area contributed by atoms with Gasteiger partial charge in [0.15, 0.2) is 0 Å². The molecule has 3 rings (SSSR count). The predicted octanol–water partition coefficient (Wildman–Crippen LogP) is 1.11. The highest BCUT2D eigenvalue weighted by atomic mass is 16.1. The summed E-state index contributed by atoms with van der Waals surface area (Å²) in [6, 6.07) is 4.96. The molecule has 0 saturated carbocycles. The van der Waals surface area contributed by atoms with Gasteiger partial charge in [0.1, 0.15) is 5.82 Å². The zero-order chi connectivity index (χ0) is 14.8. The van der Waals surface area contributed by atoms with Crippen LogP contribution in [-0.4, -0.2) is 41.0 Å². The Bertz CT molecular complexity index is 489. The zero-order valence-corrected chi connectivity index (χ0v) is 12.4. The molecule has 2 unspecified atom stereocenters. The van der Waals surface area contributed by atoms with Crippen molar-refractivity contribution in [1.29, 1.82) is 0 Å². The van der Waals surface area contributed by atoms with E-state index in [1.165, 1.54) is 19.3 Å². The lowest BCUT2D eigenvalue weighted by molar-refractivity contribution is 0.0463. The molecule has 0 radical (unpaired) electrons. The molecule has 2 fully saturated rings. The van der Waals surface area contributed by atoms with Gasteiger partial charge >= 0.3 is 0 Å². The Morgan fingerprint density at radius 2 is 2.05 bits per heavy atom. The van der Waals surface area contributed by atoms with Gasteiger partial charge in [0.25, 0.3) is 5.91 Å². The highest BCUT2D eigenvalue weighted by Crippen LogP contribution is 2.32. The van der Waals surface area contributed by atoms with Crippen molar-refractivity contribution in [3.63, 3.8) is 0 Å². The first-order chi connectivity index (χ1) is 10.2. The molecule has 6 heteroatoms. The summed E-state index contributed by atoms with van der Waals surface area (Å²) in [6.07, 6.45) is 7.47. The van der Waals surface area contributed by atoms with E-state index >= 15 is 0 Å². The minimum absolute atomic E-state index is 0.0429. The topological polar surface area (TPSA) is 83.3 Å². The SMILES string of the molecule is CN1C2CCCC1CC(NC(=O)c1ccc(NN)nc1)C2. The number of carbonyl (C=O) groups is 1. The smallest absolute Gasteiger partial charge is 0.253 e. The second kappa shape index (κ2) is 5.99. The molecule has 21 heavy (non-hydrogen) atoms. The van der Waals surface area contributed by atoms with E-state index in [9.17, 15) is 4.79 Å². The molecule has 114 valence electrons. The maximum absolute atomic E-state index is 12.3. The Morgan fingerprint density at radius 3 is 2.62 bits per heavy atom. The fourth-order valence-electron chi connectivity index (χ4n) is 3.62. The number of pyridine rings is 1. The van der Waals surface area contributed by atoms with E-state index < -0.39 is 0 Å². The molecule has 4 N–H and O–H groups in total. The Morgan fingerprint density at radius 1 is 1.33 bits per heavy atom. The van der Waals surface area contributed by atoms with Crippen LogP contribution in [0.25, 0.3) is 0 Å². The molecule has 0 aromatic carbocycles. The molecule has 0 aliphatic carbocycles. The van der Waals surface area contributed by atoms with E-state index in [1.54, 1.807) is 18.3 Å². The number of amides is 1. The summed E-state index contributed by atoms with van der Waals surface area (Å²) >= 11 is 0. The van der Waals surface area contributed by atoms with Gasteiger partial charge in [0.2, 0.25) is 0 Å². The summed E-state index contributed by atoms with van der Waals surface area (Å²) in [7, 11) is 2.22. The van der Waals surface area contributed by atoms with E-state index in [-0.39, 0.29) is 11.9 Å². The second-order valence-corrected chi connectivity index (χ2v) is 6.12. The number of hydrogen-bond acceptors (Lipinski definition) is 5. The number of hydrazine groups is 1. The summed E-state index contributed by atoms with van der Waals surface area (Å²) in [5.74, 6) is 5.79. The monoisotopic (exact) mass is 289 g/mol. The molecular formula is C15H23N5O. The van der Waals surface area contributed by atoms with Crippen LogP contribution >= 0.6 is 0 Å². The Labute approximate surface area is 125 Å². The molecule has 1 aromatic heterocycles. The lowest BCUT2D eigenvalue weighted by Crippen LogP contribution is -2.55. The minimum atomic E-state index is -0.0429. The number of anilines is 1. The van der Waals surface area contributed by atoms with Crippen LogP contribution in [0.15, 0.2) is 18.3 Å². The highest BCUT2D eigenvalue weighted by Gasteiger charge is 2.36. The first-order valence-electron chi connectivity index (χ1n) is 7.63. The van der Waals surface area contributed by atoms with Crippen molar-refractivity contribution >= 4 is 11.7 Å². The van der Waals surface area contributed by atoms with Crippen molar-refractivity contribution in [1.82, 2.24) is 15.2 Å². The first kappa shape index (κ1) is 14.3. The molecular weight excluding hydrogens is 266 g/mol. The first-order valence-corrected chi connectivity index (χ1v) is 7.63. The van der Waals surface area contributed by atoms with E-state index in [4.69, 9.17) is 5.84 Å². The van der Waals surface area contributed by atoms with Crippen LogP contribution in [0, 0.1) is 0 Å². The second-order valence-electron chi connectivity index (χ2n) is 6.12. The Kier molecular flexibility index (Phi) is 4.07. The third kappa shape index (κ3) is 3.01. The molecule has 2 saturated heterocycles. The van der Waals surface area contributed by atoms with E-state index in [2.05, 4.69) is 27.7 Å². The van der Waals surface area contributed by atoms with Crippen molar-refractivity contribution < 1.29 is 4.79 Å². The van der Waals surface area contributed by atoms with Crippen LogP contribution in [0.3, 0.4) is 0 Å². The number of nitrogens with one attached hydrogen (secondary N) is 2. The third-order valence-corrected chi connectivity index (χ3v) is 4.85. The van der Waals surface area contributed by atoms with Gasteiger partial charge in [0.05, 0.1) is 5.56 Å². The largest absolute Gasteiger partial charge is 0.349 e. The van der Waals surface area contributed by atoms with Crippen LogP contribution in [0.1, 0.15) is 42.5 Å². The fourth-order valence-corrected chi connectivity index (χ4v) is 3.62. The van der Waals surface area contributed by atoms with Crippen molar-refractivity contribution in [2.24, 2.45) is 5.84 Å². The Hall–Kier alpha value is -1.66. The maximum atomic E-state index is 12.3. The highest BCUT2D eigenvalue weighted by molar-refractivity contribution is 5.94. The molecule has 3 heterocycles. The van der Waals surface area contributed by atoms with Crippen molar-refractivity contribution in [2.45, 2.75) is 50.2 Å². The number of nitrogens with zero attached hydrogens (tertiary/aromatic N) is 2. The van der Waals surface area contributed by atoms with E-state index in [1.807, 2.05) is 0 Å². The normalized spacial score (nSPS) is 29.0. The molecule has 2 aliphatic rings. The van der Waals surface area contributed by atoms with Gasteiger partial charge in [-0.3, -0.25) is 4.79 Å². The molecule has 2 bridgehead atoms. The summed E-state index contributed by atoms with van der Waals surface area (Å²) < 4.78 is 0. The van der Waals surface area contributed by atoms with Gasteiger partial charge in [0, 0.05) is 24.3 Å². The van der Waals surface area contributed by atoms with Gasteiger partial charge in [-0.2, -0.15) is 0 Å². The lowest BCUT2D eigenvalue weighted by atomic mass is 9.82. The van der Waals surface area contributed by atoms with Crippen LogP contribution in [-0.2, 0) is 0 Å². The average molecular weight is 289 g/mol. The number of rotatable bonds is 3. The quantitative estimate of drug-likeness (QED) is 0.573. The molecule has 6 nitrogen and oxygen atoms in total. The standard InChI is InChI=1S/C15H23N5O/c1-20-12-3-2-4-13(20)8-11(7-12)18-15(21)10-5-6-14(19-16)17-9-10/h5-6,9,11-13H,2-4,7-8,16H2,1H3,(H,17,19)(H,18,21). The minimum Gasteiger partial charge on any atom is -0.349 e. The summed E-state index contributed by atoms with van der Waals surface area (Å²) in [4.78, 5) is 18.9. The van der Waals surface area contributed by atoms with Crippen LogP contribution in [0.4, 0.5) is 5.82 Å². The molecule has 0 spiro atoms.